The van der Waals surface area contributed by atoms with Crippen LogP contribution < -0.4 is 5.73 Å². The average molecular weight is 255 g/mol. The quantitative estimate of drug-likeness (QED) is 0.852. The Labute approximate surface area is 103 Å². The number of aromatic nitrogens is 1. The van der Waals surface area contributed by atoms with Crippen LogP contribution in [-0.4, -0.2) is 4.98 Å². The summed E-state index contributed by atoms with van der Waals surface area (Å²) in [7, 11) is 0. The maximum atomic E-state index is 5.75. The lowest BCUT2D eigenvalue weighted by Crippen LogP contribution is -1.92. The van der Waals surface area contributed by atoms with Gasteiger partial charge in [-0.25, -0.2) is 4.98 Å². The highest BCUT2D eigenvalue weighted by atomic mass is 35.5. The number of thioether (sulfide) groups is 1. The standard InChI is InChI=1S/C11H11ClN2OS/c12-8-1-4-11(14-6-8)16-7-10-3-2-9(5-13)15-10/h1-4,6H,5,7,13H2. The van der Waals surface area contributed by atoms with Gasteiger partial charge in [0.25, 0.3) is 0 Å². The van der Waals surface area contributed by atoms with Gasteiger partial charge in [0.2, 0.25) is 0 Å². The zero-order valence-electron chi connectivity index (χ0n) is 8.52. The molecule has 0 aromatic carbocycles. The molecule has 0 atom stereocenters. The smallest absolute Gasteiger partial charge is 0.117 e. The molecule has 0 spiro atoms. The van der Waals surface area contributed by atoms with E-state index in [-0.39, 0.29) is 0 Å². The van der Waals surface area contributed by atoms with E-state index < -0.39 is 0 Å². The van der Waals surface area contributed by atoms with Crippen LogP contribution in [0.5, 0.6) is 0 Å². The number of pyridine rings is 1. The highest BCUT2D eigenvalue weighted by molar-refractivity contribution is 7.98. The first-order valence-corrected chi connectivity index (χ1v) is 6.16. The van der Waals surface area contributed by atoms with Crippen molar-refractivity contribution in [1.82, 2.24) is 4.98 Å². The van der Waals surface area contributed by atoms with E-state index in [9.17, 15) is 0 Å². The molecule has 84 valence electrons. The summed E-state index contributed by atoms with van der Waals surface area (Å²) in [5.74, 6) is 2.45. The van der Waals surface area contributed by atoms with Crippen molar-refractivity contribution >= 4 is 23.4 Å². The minimum absolute atomic E-state index is 0.434. The Hall–Kier alpha value is -0.970. The van der Waals surface area contributed by atoms with Gasteiger partial charge >= 0.3 is 0 Å². The molecular formula is C11H11ClN2OS. The first-order valence-electron chi connectivity index (χ1n) is 4.80. The minimum Gasteiger partial charge on any atom is -0.464 e. The zero-order valence-corrected chi connectivity index (χ0v) is 10.1. The summed E-state index contributed by atoms with van der Waals surface area (Å²) in [5, 5.41) is 1.57. The molecule has 0 bridgehead atoms. The van der Waals surface area contributed by atoms with E-state index in [4.69, 9.17) is 21.8 Å². The molecular weight excluding hydrogens is 244 g/mol. The van der Waals surface area contributed by atoms with Gasteiger partial charge < -0.3 is 10.2 Å². The zero-order chi connectivity index (χ0) is 11.4. The molecule has 2 rings (SSSR count). The van der Waals surface area contributed by atoms with Crippen LogP contribution in [0, 0.1) is 0 Å². The number of halogens is 1. The number of hydrogen-bond acceptors (Lipinski definition) is 4. The Morgan fingerprint density at radius 3 is 2.69 bits per heavy atom. The van der Waals surface area contributed by atoms with Crippen LogP contribution in [-0.2, 0) is 12.3 Å². The third-order valence-corrected chi connectivity index (χ3v) is 3.17. The number of hydrogen-bond donors (Lipinski definition) is 1. The fourth-order valence-corrected chi connectivity index (χ4v) is 2.05. The Kier molecular flexibility index (Phi) is 3.88. The lowest BCUT2D eigenvalue weighted by molar-refractivity contribution is 0.482. The largest absolute Gasteiger partial charge is 0.464 e. The van der Waals surface area contributed by atoms with Gasteiger partial charge in [-0.2, -0.15) is 0 Å². The molecule has 2 N–H and O–H groups in total. The van der Waals surface area contributed by atoms with Gasteiger partial charge in [-0.1, -0.05) is 23.4 Å². The molecule has 0 aliphatic rings. The van der Waals surface area contributed by atoms with Crippen molar-refractivity contribution in [1.29, 1.82) is 0 Å². The Bertz CT molecular complexity index is 455. The van der Waals surface area contributed by atoms with Gasteiger partial charge in [0, 0.05) is 6.20 Å². The van der Waals surface area contributed by atoms with E-state index in [2.05, 4.69) is 4.98 Å². The Morgan fingerprint density at radius 1 is 1.25 bits per heavy atom. The molecule has 0 radical (unpaired) electrons. The number of nitrogens with zero attached hydrogens (tertiary/aromatic N) is 1. The fourth-order valence-electron chi connectivity index (χ4n) is 1.20. The van der Waals surface area contributed by atoms with E-state index >= 15 is 0 Å². The van der Waals surface area contributed by atoms with Crippen LogP contribution in [0.1, 0.15) is 11.5 Å². The van der Waals surface area contributed by atoms with Crippen molar-refractivity contribution < 1.29 is 4.42 Å². The van der Waals surface area contributed by atoms with Gasteiger partial charge in [-0.05, 0) is 24.3 Å². The summed E-state index contributed by atoms with van der Waals surface area (Å²) < 4.78 is 5.48. The Balaban J connectivity index is 1.94. The first-order chi connectivity index (χ1) is 7.78. The topological polar surface area (TPSA) is 52.0 Å². The summed E-state index contributed by atoms with van der Waals surface area (Å²) >= 11 is 7.35. The number of furan rings is 1. The lowest BCUT2D eigenvalue weighted by Gasteiger charge is -1.98. The van der Waals surface area contributed by atoms with Gasteiger partial charge in [-0.3, -0.25) is 0 Å². The van der Waals surface area contributed by atoms with Gasteiger partial charge in [0.1, 0.15) is 11.5 Å². The van der Waals surface area contributed by atoms with Crippen molar-refractivity contribution in [2.75, 3.05) is 0 Å². The van der Waals surface area contributed by atoms with Gasteiger partial charge in [0.05, 0.1) is 22.3 Å². The summed E-state index contributed by atoms with van der Waals surface area (Å²) in [6.45, 7) is 0.434. The van der Waals surface area contributed by atoms with Crippen LogP contribution in [0.4, 0.5) is 0 Å². The molecule has 16 heavy (non-hydrogen) atoms. The Morgan fingerprint density at radius 2 is 2.06 bits per heavy atom. The summed E-state index contributed by atoms with van der Waals surface area (Å²) in [4.78, 5) is 4.18. The molecule has 2 heterocycles. The van der Waals surface area contributed by atoms with Gasteiger partial charge in [-0.15, -0.1) is 0 Å². The van der Waals surface area contributed by atoms with E-state index in [1.165, 1.54) is 0 Å². The fraction of sp³-hybridized carbons (Fsp3) is 0.182. The predicted molar refractivity (Wildman–Crippen MR) is 65.4 cm³/mol. The van der Waals surface area contributed by atoms with Crippen LogP contribution in [0.25, 0.3) is 0 Å². The molecule has 0 saturated carbocycles. The van der Waals surface area contributed by atoms with Crippen LogP contribution in [0.2, 0.25) is 5.02 Å². The molecule has 0 unspecified atom stereocenters. The SMILES string of the molecule is NCc1ccc(CSc2ccc(Cl)cn2)o1. The summed E-state index contributed by atoms with van der Waals surface area (Å²) in [5.41, 5.74) is 5.46. The maximum absolute atomic E-state index is 5.75. The molecule has 0 fully saturated rings. The van der Waals surface area contributed by atoms with E-state index in [0.717, 1.165) is 22.3 Å². The molecule has 5 heteroatoms. The minimum atomic E-state index is 0.434. The molecule has 2 aromatic rings. The normalized spacial score (nSPS) is 10.6. The molecule has 0 saturated heterocycles. The molecule has 3 nitrogen and oxygen atoms in total. The van der Waals surface area contributed by atoms with Crippen molar-refractivity contribution in [3.05, 3.63) is 47.0 Å². The van der Waals surface area contributed by atoms with Crippen molar-refractivity contribution in [3.8, 4) is 0 Å². The average Bonchev–Trinajstić information content (AvgIpc) is 2.76. The lowest BCUT2D eigenvalue weighted by atomic mass is 10.4. The summed E-state index contributed by atoms with van der Waals surface area (Å²) in [6.07, 6.45) is 1.64. The number of rotatable bonds is 4. The number of nitrogens with two attached hydrogens (primary N) is 1. The predicted octanol–water partition coefficient (Wildman–Crippen LogP) is 3.08. The third kappa shape index (κ3) is 3.01. The monoisotopic (exact) mass is 254 g/mol. The highest BCUT2D eigenvalue weighted by Crippen LogP contribution is 2.22. The van der Waals surface area contributed by atoms with Gasteiger partial charge in [0.15, 0.2) is 0 Å². The second kappa shape index (κ2) is 5.39. The van der Waals surface area contributed by atoms with Crippen molar-refractivity contribution in [3.63, 3.8) is 0 Å². The van der Waals surface area contributed by atoms with E-state index in [1.54, 1.807) is 18.0 Å². The maximum Gasteiger partial charge on any atom is 0.117 e. The summed E-state index contributed by atoms with van der Waals surface area (Å²) in [6, 6.07) is 7.54. The van der Waals surface area contributed by atoms with Crippen LogP contribution in [0.15, 0.2) is 39.9 Å². The van der Waals surface area contributed by atoms with Crippen LogP contribution in [0.3, 0.4) is 0 Å². The molecule has 2 aromatic heterocycles. The second-order valence-corrected chi connectivity index (χ2v) is 4.61. The highest BCUT2D eigenvalue weighted by Gasteiger charge is 2.02. The molecule has 0 aliphatic heterocycles. The van der Waals surface area contributed by atoms with Crippen molar-refractivity contribution in [2.24, 2.45) is 5.73 Å². The first kappa shape index (κ1) is 11.5. The molecule has 0 aliphatic carbocycles. The van der Waals surface area contributed by atoms with E-state index in [1.807, 2.05) is 24.3 Å². The molecule has 0 amide bonds. The second-order valence-electron chi connectivity index (χ2n) is 3.18. The van der Waals surface area contributed by atoms with Crippen LogP contribution >= 0.6 is 23.4 Å². The van der Waals surface area contributed by atoms with Crippen molar-refractivity contribution in [2.45, 2.75) is 17.3 Å². The van der Waals surface area contributed by atoms with E-state index in [0.29, 0.717) is 11.6 Å². The third-order valence-electron chi connectivity index (χ3n) is 1.98.